The molecular formula is C20H22O3. The van der Waals surface area contributed by atoms with Crippen molar-refractivity contribution in [3.63, 3.8) is 0 Å². The molecule has 0 saturated heterocycles. The molecule has 0 radical (unpaired) electrons. The Hall–Kier alpha value is -1.90. The molecule has 120 valence electrons. The van der Waals surface area contributed by atoms with E-state index in [1.165, 1.54) is 5.57 Å². The Labute approximate surface area is 136 Å². The summed E-state index contributed by atoms with van der Waals surface area (Å²) in [6.07, 6.45) is 11.6. The zero-order chi connectivity index (χ0) is 16.1. The van der Waals surface area contributed by atoms with E-state index >= 15 is 0 Å². The Morgan fingerprint density at radius 2 is 2.04 bits per heavy atom. The fraction of sp³-hybridized carbons (Fsp3) is 0.500. The van der Waals surface area contributed by atoms with Crippen LogP contribution in [0.3, 0.4) is 0 Å². The lowest BCUT2D eigenvalue weighted by Crippen LogP contribution is -2.41. The molecule has 0 N–H and O–H groups in total. The molecule has 0 bridgehead atoms. The maximum Gasteiger partial charge on any atom is 0.232 e. The van der Waals surface area contributed by atoms with Crippen LogP contribution in [0.4, 0.5) is 0 Å². The van der Waals surface area contributed by atoms with E-state index in [1.54, 1.807) is 6.08 Å². The number of ether oxygens (including phenoxy) is 1. The summed E-state index contributed by atoms with van der Waals surface area (Å²) < 4.78 is 6.32. The Balaban J connectivity index is 1.72. The van der Waals surface area contributed by atoms with Gasteiger partial charge >= 0.3 is 0 Å². The third-order valence-corrected chi connectivity index (χ3v) is 5.63. The van der Waals surface area contributed by atoms with Crippen molar-refractivity contribution in [2.75, 3.05) is 0 Å². The van der Waals surface area contributed by atoms with Crippen molar-refractivity contribution in [1.29, 1.82) is 0 Å². The monoisotopic (exact) mass is 310 g/mol. The first kappa shape index (κ1) is 14.7. The molecule has 2 unspecified atom stereocenters. The number of allylic oxidation sites excluding steroid dienone is 6. The summed E-state index contributed by atoms with van der Waals surface area (Å²) in [5.74, 6) is 0.922. The molecular weight excluding hydrogens is 288 g/mol. The number of ketones is 2. The third kappa shape index (κ3) is 2.25. The number of carbonyl (C=O) groups excluding carboxylic acids is 2. The zero-order valence-electron chi connectivity index (χ0n) is 13.7. The van der Waals surface area contributed by atoms with Crippen LogP contribution >= 0.6 is 0 Å². The van der Waals surface area contributed by atoms with E-state index in [-0.39, 0.29) is 23.6 Å². The van der Waals surface area contributed by atoms with Gasteiger partial charge in [0.2, 0.25) is 11.6 Å². The largest absolute Gasteiger partial charge is 0.489 e. The summed E-state index contributed by atoms with van der Waals surface area (Å²) >= 11 is 0. The van der Waals surface area contributed by atoms with Crippen LogP contribution in [-0.2, 0) is 14.3 Å². The lowest BCUT2D eigenvalue weighted by atomic mass is 9.71. The van der Waals surface area contributed by atoms with Crippen molar-refractivity contribution < 1.29 is 14.3 Å². The van der Waals surface area contributed by atoms with E-state index in [2.05, 4.69) is 19.9 Å². The van der Waals surface area contributed by atoms with E-state index in [0.29, 0.717) is 29.4 Å². The van der Waals surface area contributed by atoms with Crippen molar-refractivity contribution in [3.8, 4) is 0 Å². The minimum absolute atomic E-state index is 0.0565. The second-order valence-electron chi connectivity index (χ2n) is 7.32. The van der Waals surface area contributed by atoms with Gasteiger partial charge in [0.1, 0.15) is 11.9 Å². The number of hydrogen-bond acceptors (Lipinski definition) is 3. The van der Waals surface area contributed by atoms with E-state index in [0.717, 1.165) is 25.0 Å². The van der Waals surface area contributed by atoms with Crippen LogP contribution in [0, 0.1) is 17.8 Å². The van der Waals surface area contributed by atoms with E-state index in [9.17, 15) is 9.59 Å². The van der Waals surface area contributed by atoms with Crippen molar-refractivity contribution in [2.45, 2.75) is 45.6 Å². The van der Waals surface area contributed by atoms with Crippen LogP contribution < -0.4 is 0 Å². The molecule has 3 atom stereocenters. The van der Waals surface area contributed by atoms with Gasteiger partial charge in [-0.3, -0.25) is 9.59 Å². The number of fused-ring (bicyclic) bond motifs is 3. The molecule has 0 saturated carbocycles. The normalized spacial score (nSPS) is 32.7. The molecule has 0 spiro atoms. The highest BCUT2D eigenvalue weighted by molar-refractivity contribution is 6.50. The Bertz CT molecular complexity index is 702. The molecule has 4 rings (SSSR count). The maximum absolute atomic E-state index is 12.5. The summed E-state index contributed by atoms with van der Waals surface area (Å²) in [7, 11) is 0. The molecule has 3 heteroatoms. The standard InChI is InChI=1S/C20H22O3/c1-11(2)12-7-8-13-9-16-19(22)18(21)14-5-3-4-6-15(14)20(16)23-17(13)10-12/h3-5,10-11,13,15,17H,6-9H2,1-2H3/t13?,15-,17?/m0/s1. The number of Topliss-reactive ketones (excluding diaryl/α,β-unsaturated/α-hetero) is 2. The highest BCUT2D eigenvalue weighted by atomic mass is 16.5. The first-order chi connectivity index (χ1) is 11.1. The van der Waals surface area contributed by atoms with Gasteiger partial charge in [0.25, 0.3) is 0 Å². The van der Waals surface area contributed by atoms with E-state index in [4.69, 9.17) is 4.74 Å². The van der Waals surface area contributed by atoms with Crippen molar-refractivity contribution >= 4 is 11.6 Å². The van der Waals surface area contributed by atoms with Crippen molar-refractivity contribution in [2.24, 2.45) is 17.8 Å². The molecule has 4 aliphatic rings. The SMILES string of the molecule is CC(C)C1=CC2OC3=C(CC2CC1)C(=O)C(=O)C1=CC=CC[C@@H]13. The Kier molecular flexibility index (Phi) is 3.40. The molecule has 0 fully saturated rings. The topological polar surface area (TPSA) is 43.4 Å². The van der Waals surface area contributed by atoms with Crippen LogP contribution in [0.5, 0.6) is 0 Å². The summed E-state index contributed by atoms with van der Waals surface area (Å²) in [6, 6.07) is 0. The molecule has 0 aromatic carbocycles. The Morgan fingerprint density at radius 1 is 1.22 bits per heavy atom. The lowest BCUT2D eigenvalue weighted by molar-refractivity contribution is -0.134. The fourth-order valence-corrected chi connectivity index (χ4v) is 4.23. The summed E-state index contributed by atoms with van der Waals surface area (Å²) in [6.45, 7) is 4.44. The molecule has 23 heavy (non-hydrogen) atoms. The number of hydrogen-bond donors (Lipinski definition) is 0. The van der Waals surface area contributed by atoms with Crippen molar-refractivity contribution in [3.05, 3.63) is 46.8 Å². The van der Waals surface area contributed by atoms with Gasteiger partial charge in [0, 0.05) is 23.0 Å². The van der Waals surface area contributed by atoms with Gasteiger partial charge in [0.05, 0.1) is 0 Å². The fourth-order valence-electron chi connectivity index (χ4n) is 4.23. The highest BCUT2D eigenvalue weighted by Gasteiger charge is 2.45. The minimum atomic E-state index is -0.338. The maximum atomic E-state index is 12.5. The predicted octanol–water partition coefficient (Wildman–Crippen LogP) is 3.68. The molecule has 3 aliphatic carbocycles. The average Bonchev–Trinajstić information content (AvgIpc) is 2.58. The second-order valence-corrected chi connectivity index (χ2v) is 7.32. The lowest BCUT2D eigenvalue weighted by Gasteiger charge is -2.41. The molecule has 0 amide bonds. The number of rotatable bonds is 1. The highest BCUT2D eigenvalue weighted by Crippen LogP contribution is 2.46. The zero-order valence-corrected chi connectivity index (χ0v) is 13.7. The first-order valence-corrected chi connectivity index (χ1v) is 8.62. The van der Waals surface area contributed by atoms with Crippen molar-refractivity contribution in [1.82, 2.24) is 0 Å². The smallest absolute Gasteiger partial charge is 0.232 e. The summed E-state index contributed by atoms with van der Waals surface area (Å²) in [5, 5.41) is 0. The number of carbonyl (C=O) groups is 2. The van der Waals surface area contributed by atoms with Gasteiger partial charge in [-0.05, 0) is 37.7 Å². The van der Waals surface area contributed by atoms with Crippen LogP contribution in [-0.4, -0.2) is 17.7 Å². The van der Waals surface area contributed by atoms with Gasteiger partial charge in [0.15, 0.2) is 0 Å². The predicted molar refractivity (Wildman–Crippen MR) is 87.5 cm³/mol. The van der Waals surface area contributed by atoms with Gasteiger partial charge < -0.3 is 4.74 Å². The minimum Gasteiger partial charge on any atom is -0.489 e. The van der Waals surface area contributed by atoms with E-state index in [1.807, 2.05) is 12.2 Å². The average molecular weight is 310 g/mol. The summed E-state index contributed by atoms with van der Waals surface area (Å²) in [5.41, 5.74) is 2.71. The van der Waals surface area contributed by atoms with Gasteiger partial charge in [-0.25, -0.2) is 0 Å². The summed E-state index contributed by atoms with van der Waals surface area (Å²) in [4.78, 5) is 24.9. The molecule has 1 aliphatic heterocycles. The Morgan fingerprint density at radius 3 is 2.83 bits per heavy atom. The third-order valence-electron chi connectivity index (χ3n) is 5.63. The van der Waals surface area contributed by atoms with Gasteiger partial charge in [-0.2, -0.15) is 0 Å². The van der Waals surface area contributed by atoms with Crippen LogP contribution in [0.2, 0.25) is 0 Å². The van der Waals surface area contributed by atoms with Crippen LogP contribution in [0.15, 0.2) is 46.8 Å². The van der Waals surface area contributed by atoms with Gasteiger partial charge in [-0.1, -0.05) is 37.6 Å². The van der Waals surface area contributed by atoms with Crippen LogP contribution in [0.25, 0.3) is 0 Å². The molecule has 3 nitrogen and oxygen atoms in total. The molecule has 0 aromatic heterocycles. The molecule has 0 aromatic rings. The van der Waals surface area contributed by atoms with Crippen LogP contribution in [0.1, 0.15) is 39.5 Å². The molecule has 1 heterocycles. The van der Waals surface area contributed by atoms with Gasteiger partial charge in [-0.15, -0.1) is 0 Å². The second kappa shape index (κ2) is 5.33. The first-order valence-electron chi connectivity index (χ1n) is 8.62. The van der Waals surface area contributed by atoms with E-state index < -0.39 is 0 Å². The quantitative estimate of drug-likeness (QED) is 0.548.